The number of benzene rings is 1. The minimum atomic E-state index is -3.51. The summed E-state index contributed by atoms with van der Waals surface area (Å²) in [5, 5.41) is 3.02. The molecule has 0 radical (unpaired) electrons. The molecule has 6 heteroatoms. The molecule has 0 saturated heterocycles. The van der Waals surface area contributed by atoms with Crippen molar-refractivity contribution in [2.75, 3.05) is 12.8 Å². The lowest BCUT2D eigenvalue weighted by Crippen LogP contribution is -2.43. The van der Waals surface area contributed by atoms with Crippen molar-refractivity contribution in [3.05, 3.63) is 35.4 Å². The third kappa shape index (κ3) is 2.83. The molecule has 1 unspecified atom stereocenters. The highest BCUT2D eigenvalue weighted by Crippen LogP contribution is 2.22. The Morgan fingerprint density at radius 3 is 2.82 bits per heavy atom. The molecular formula is C11H14N2O3S. The number of sulfonamides is 1. The van der Waals surface area contributed by atoms with Gasteiger partial charge in [0.25, 0.3) is 5.91 Å². The van der Waals surface area contributed by atoms with Gasteiger partial charge in [-0.05, 0) is 17.5 Å². The van der Waals surface area contributed by atoms with Gasteiger partial charge in [-0.3, -0.25) is 9.52 Å². The molecule has 1 aromatic carbocycles. The largest absolute Gasteiger partial charge is 0.302 e. The maximum atomic E-state index is 11.8. The summed E-state index contributed by atoms with van der Waals surface area (Å²) < 4.78 is 24.1. The Morgan fingerprint density at radius 1 is 1.41 bits per heavy atom. The summed E-state index contributed by atoms with van der Waals surface area (Å²) in [5.41, 5.74) is 1.93. The Hall–Kier alpha value is -1.40. The Kier molecular flexibility index (Phi) is 3.17. The van der Waals surface area contributed by atoms with Crippen LogP contribution in [0.15, 0.2) is 24.3 Å². The van der Waals surface area contributed by atoms with Crippen molar-refractivity contribution in [3.63, 3.8) is 0 Å². The zero-order valence-electron chi connectivity index (χ0n) is 9.43. The Morgan fingerprint density at radius 2 is 2.12 bits per heavy atom. The fourth-order valence-corrected chi connectivity index (χ4v) is 2.46. The van der Waals surface area contributed by atoms with E-state index in [9.17, 15) is 13.2 Å². The summed E-state index contributed by atoms with van der Waals surface area (Å²) >= 11 is 0. The zero-order valence-corrected chi connectivity index (χ0v) is 10.3. The minimum absolute atomic E-state index is 0.528. The van der Waals surface area contributed by atoms with Gasteiger partial charge in [-0.2, -0.15) is 0 Å². The van der Waals surface area contributed by atoms with E-state index in [1.807, 2.05) is 29.0 Å². The normalized spacial score (nSPS) is 19.5. The summed E-state index contributed by atoms with van der Waals surface area (Å²) in [6, 6.07) is 6.96. The van der Waals surface area contributed by atoms with E-state index in [1.54, 1.807) is 0 Å². The number of rotatable bonds is 2. The van der Waals surface area contributed by atoms with E-state index < -0.39 is 22.0 Å². The van der Waals surface area contributed by atoms with Crippen LogP contribution in [0.3, 0.4) is 0 Å². The molecule has 0 bridgehead atoms. The zero-order chi connectivity index (χ0) is 12.5. The number of nitrogens with one attached hydrogen (secondary N) is 2. The molecule has 1 atom stereocenters. The molecule has 2 N–H and O–H groups in total. The van der Waals surface area contributed by atoms with Gasteiger partial charge in [-0.1, -0.05) is 24.3 Å². The molecule has 5 nitrogen and oxygen atoms in total. The van der Waals surface area contributed by atoms with Gasteiger partial charge >= 0.3 is 0 Å². The highest BCUT2D eigenvalue weighted by atomic mass is 32.2. The number of fused-ring (bicyclic) bond motifs is 1. The standard InChI is InChI=1S/C11H14N2O3S/c1-17(15,16)13-11(14)10-9-5-3-2-4-8(9)6-7-12-10/h2-5,10,12H,6-7H2,1H3,(H,13,14). The third-order valence-electron chi connectivity index (χ3n) is 2.66. The Balaban J connectivity index is 2.27. The van der Waals surface area contributed by atoms with Crippen LogP contribution in [-0.4, -0.2) is 27.1 Å². The molecule has 0 aliphatic carbocycles. The summed E-state index contributed by atoms with van der Waals surface area (Å²) in [6.45, 7) is 0.666. The number of carbonyl (C=O) groups excluding carboxylic acids is 1. The van der Waals surface area contributed by atoms with Gasteiger partial charge in [-0.25, -0.2) is 8.42 Å². The topological polar surface area (TPSA) is 75.3 Å². The molecule has 92 valence electrons. The van der Waals surface area contributed by atoms with E-state index in [-0.39, 0.29) is 0 Å². The molecule has 2 rings (SSSR count). The van der Waals surface area contributed by atoms with Gasteiger partial charge < -0.3 is 5.32 Å². The first-order valence-electron chi connectivity index (χ1n) is 5.30. The third-order valence-corrected chi connectivity index (χ3v) is 3.23. The predicted molar refractivity (Wildman–Crippen MR) is 63.9 cm³/mol. The van der Waals surface area contributed by atoms with Crippen LogP contribution in [-0.2, 0) is 21.2 Å². The van der Waals surface area contributed by atoms with Crippen molar-refractivity contribution in [1.29, 1.82) is 0 Å². The van der Waals surface area contributed by atoms with Crippen LogP contribution in [0.4, 0.5) is 0 Å². The summed E-state index contributed by atoms with van der Waals surface area (Å²) in [4.78, 5) is 11.8. The van der Waals surface area contributed by atoms with Gasteiger partial charge in [0.1, 0.15) is 6.04 Å². The first-order valence-corrected chi connectivity index (χ1v) is 7.19. The highest BCUT2D eigenvalue weighted by Gasteiger charge is 2.27. The molecule has 0 fully saturated rings. The van der Waals surface area contributed by atoms with E-state index in [2.05, 4.69) is 5.32 Å². The van der Waals surface area contributed by atoms with Gasteiger partial charge in [0, 0.05) is 6.54 Å². The summed E-state index contributed by atoms with van der Waals surface area (Å²) in [5.74, 6) is -0.528. The molecule has 1 aromatic rings. The smallest absolute Gasteiger partial charge is 0.255 e. The van der Waals surface area contributed by atoms with E-state index in [4.69, 9.17) is 0 Å². The maximum absolute atomic E-state index is 11.8. The predicted octanol–water partition coefficient (Wildman–Crippen LogP) is -0.0508. The first-order chi connectivity index (χ1) is 7.97. The number of carbonyl (C=O) groups is 1. The molecular weight excluding hydrogens is 240 g/mol. The van der Waals surface area contributed by atoms with Crippen molar-refractivity contribution in [1.82, 2.24) is 10.0 Å². The second-order valence-corrected chi connectivity index (χ2v) is 5.82. The van der Waals surface area contributed by atoms with Crippen molar-refractivity contribution in [2.24, 2.45) is 0 Å². The number of hydrogen-bond donors (Lipinski definition) is 2. The van der Waals surface area contributed by atoms with E-state index in [1.165, 1.54) is 0 Å². The lowest BCUT2D eigenvalue weighted by Gasteiger charge is -2.25. The molecule has 1 heterocycles. The van der Waals surface area contributed by atoms with Gasteiger partial charge in [0.05, 0.1) is 6.26 Å². The summed E-state index contributed by atoms with van der Waals surface area (Å²) in [7, 11) is -3.51. The maximum Gasteiger partial charge on any atom is 0.255 e. The van der Waals surface area contributed by atoms with Crippen LogP contribution in [0.1, 0.15) is 17.2 Å². The molecule has 0 saturated carbocycles. The van der Waals surface area contributed by atoms with Crippen LogP contribution < -0.4 is 10.0 Å². The molecule has 0 spiro atoms. The first kappa shape index (κ1) is 12.1. The number of amides is 1. The van der Waals surface area contributed by atoms with Gasteiger partial charge in [0.2, 0.25) is 10.0 Å². The molecule has 17 heavy (non-hydrogen) atoms. The molecule has 1 aliphatic rings. The van der Waals surface area contributed by atoms with E-state index in [0.717, 1.165) is 23.8 Å². The second-order valence-electron chi connectivity index (χ2n) is 4.07. The van der Waals surface area contributed by atoms with Crippen LogP contribution in [0.25, 0.3) is 0 Å². The van der Waals surface area contributed by atoms with Crippen LogP contribution in [0.5, 0.6) is 0 Å². The van der Waals surface area contributed by atoms with Crippen LogP contribution in [0.2, 0.25) is 0 Å². The van der Waals surface area contributed by atoms with E-state index >= 15 is 0 Å². The monoisotopic (exact) mass is 254 g/mol. The molecule has 1 aliphatic heterocycles. The minimum Gasteiger partial charge on any atom is -0.302 e. The molecule has 1 amide bonds. The van der Waals surface area contributed by atoms with Crippen molar-refractivity contribution in [2.45, 2.75) is 12.5 Å². The SMILES string of the molecule is CS(=O)(=O)NC(=O)C1NCCc2ccccc21. The lowest BCUT2D eigenvalue weighted by atomic mass is 9.94. The fourth-order valence-electron chi connectivity index (χ4n) is 1.98. The number of hydrogen-bond acceptors (Lipinski definition) is 4. The van der Waals surface area contributed by atoms with Crippen molar-refractivity contribution < 1.29 is 13.2 Å². The molecule has 0 aromatic heterocycles. The van der Waals surface area contributed by atoms with E-state index in [0.29, 0.717) is 6.54 Å². The van der Waals surface area contributed by atoms with Crippen LogP contribution in [0, 0.1) is 0 Å². The second kappa shape index (κ2) is 4.46. The summed E-state index contributed by atoms with van der Waals surface area (Å²) in [6.07, 6.45) is 1.82. The Labute approximate surface area is 100 Å². The average Bonchev–Trinajstić information content (AvgIpc) is 2.26. The average molecular weight is 254 g/mol. The van der Waals surface area contributed by atoms with Crippen LogP contribution >= 0.6 is 0 Å². The highest BCUT2D eigenvalue weighted by molar-refractivity contribution is 7.89. The Bertz CT molecular complexity index is 539. The van der Waals surface area contributed by atoms with Gasteiger partial charge in [0.15, 0.2) is 0 Å². The fraction of sp³-hybridized carbons (Fsp3) is 0.364. The van der Waals surface area contributed by atoms with Crippen molar-refractivity contribution >= 4 is 15.9 Å². The lowest BCUT2D eigenvalue weighted by molar-refractivity contribution is -0.121. The van der Waals surface area contributed by atoms with Gasteiger partial charge in [-0.15, -0.1) is 0 Å². The van der Waals surface area contributed by atoms with Crippen molar-refractivity contribution in [3.8, 4) is 0 Å². The quantitative estimate of drug-likeness (QED) is 0.776.